The van der Waals surface area contributed by atoms with E-state index in [1.165, 1.54) is 47.8 Å². The largest absolute Gasteiger partial charge is 0.246 e. The van der Waals surface area contributed by atoms with Crippen LogP contribution in [0.2, 0.25) is 0 Å². The Labute approximate surface area is 346 Å². The SMILES string of the molecule is c1ccc(-c2ccc(-c3cc(-c4ccc(-c5cccc(-c6nc7ccc(-c8ccccc8)cc7c7c6sc6ccccc67)c5)cc4)nc(-c4ccccc4)n3)cc2)cc1. The number of hydrogen-bond donors (Lipinski definition) is 0. The second-order valence-electron chi connectivity index (χ2n) is 14.8. The maximum absolute atomic E-state index is 5.37. The molecule has 0 N–H and O–H groups in total. The zero-order chi connectivity index (χ0) is 39.1. The summed E-state index contributed by atoms with van der Waals surface area (Å²) in [5.41, 5.74) is 15.0. The van der Waals surface area contributed by atoms with Gasteiger partial charge in [-0.3, -0.25) is 0 Å². The highest BCUT2D eigenvalue weighted by molar-refractivity contribution is 7.26. The summed E-state index contributed by atoms with van der Waals surface area (Å²) < 4.78 is 2.47. The van der Waals surface area contributed by atoms with Crippen LogP contribution in [0.25, 0.3) is 110 Å². The third-order valence-electron chi connectivity index (χ3n) is 11.1. The fourth-order valence-electron chi connectivity index (χ4n) is 8.09. The first-order chi connectivity index (χ1) is 29.2. The van der Waals surface area contributed by atoms with E-state index in [0.717, 1.165) is 56.0 Å². The van der Waals surface area contributed by atoms with E-state index < -0.39 is 0 Å². The van der Waals surface area contributed by atoms with E-state index in [-0.39, 0.29) is 0 Å². The molecule has 0 radical (unpaired) electrons. The molecule has 0 aliphatic rings. The van der Waals surface area contributed by atoms with Gasteiger partial charge in [-0.15, -0.1) is 11.3 Å². The van der Waals surface area contributed by atoms with Gasteiger partial charge in [0.2, 0.25) is 0 Å². The maximum atomic E-state index is 5.37. The molecule has 0 unspecified atom stereocenters. The van der Waals surface area contributed by atoms with Crippen LogP contribution in [0.3, 0.4) is 0 Å². The average molecular weight is 770 g/mol. The quantitative estimate of drug-likeness (QED) is 0.162. The normalized spacial score (nSPS) is 11.4. The minimum Gasteiger partial charge on any atom is -0.246 e. The maximum Gasteiger partial charge on any atom is 0.160 e. The first-order valence-electron chi connectivity index (χ1n) is 19.8. The van der Waals surface area contributed by atoms with Gasteiger partial charge in [-0.1, -0.05) is 182 Å². The van der Waals surface area contributed by atoms with E-state index in [1.54, 1.807) is 0 Å². The molecule has 3 aromatic heterocycles. The topological polar surface area (TPSA) is 38.7 Å². The van der Waals surface area contributed by atoms with Gasteiger partial charge < -0.3 is 0 Å². The molecule has 0 atom stereocenters. The van der Waals surface area contributed by atoms with Crippen molar-refractivity contribution in [2.45, 2.75) is 0 Å². The van der Waals surface area contributed by atoms with Gasteiger partial charge in [-0.05, 0) is 63.7 Å². The van der Waals surface area contributed by atoms with E-state index in [0.29, 0.717) is 5.82 Å². The number of benzene rings is 8. The van der Waals surface area contributed by atoms with Crippen molar-refractivity contribution in [1.29, 1.82) is 0 Å². The van der Waals surface area contributed by atoms with Crippen LogP contribution < -0.4 is 0 Å². The van der Waals surface area contributed by atoms with Crippen LogP contribution in [0, 0.1) is 0 Å². The number of thiophene rings is 1. The first kappa shape index (κ1) is 34.7. The van der Waals surface area contributed by atoms with E-state index in [2.05, 4.69) is 188 Å². The second-order valence-corrected chi connectivity index (χ2v) is 15.8. The average Bonchev–Trinajstić information content (AvgIpc) is 3.72. The van der Waals surface area contributed by atoms with E-state index in [1.807, 2.05) is 35.6 Å². The Morgan fingerprint density at radius 3 is 1.44 bits per heavy atom. The standard InChI is InChI=1S/C55H35N3S/c1-4-13-36(14-5-1)38-23-27-40(28-24-38)49-35-50(58-55(57-49)42-17-8-3-9-18-42)41-29-25-39(26-30-41)43-19-12-20-45(33-43)53-54-52(46-21-10-11-22-51(46)59-54)47-34-44(31-32-48(47)56-53)37-15-6-2-7-16-37/h1-35H. The molecule has 8 aromatic carbocycles. The summed E-state index contributed by atoms with van der Waals surface area (Å²) in [6.07, 6.45) is 0. The fraction of sp³-hybridized carbons (Fsp3) is 0. The Morgan fingerprint density at radius 1 is 0.305 bits per heavy atom. The predicted octanol–water partition coefficient (Wildman–Crippen LogP) is 15.1. The summed E-state index contributed by atoms with van der Waals surface area (Å²) in [7, 11) is 0. The van der Waals surface area contributed by atoms with Gasteiger partial charge in [-0.2, -0.15) is 0 Å². The lowest BCUT2D eigenvalue weighted by Gasteiger charge is -2.12. The van der Waals surface area contributed by atoms with Crippen LogP contribution >= 0.6 is 11.3 Å². The minimum absolute atomic E-state index is 0.703. The molecular weight excluding hydrogens is 735 g/mol. The van der Waals surface area contributed by atoms with E-state index in [9.17, 15) is 0 Å². The van der Waals surface area contributed by atoms with Crippen LogP contribution in [0.15, 0.2) is 212 Å². The molecule has 0 fully saturated rings. The lowest BCUT2D eigenvalue weighted by atomic mass is 9.97. The molecule has 3 heterocycles. The summed E-state index contributed by atoms with van der Waals surface area (Å²) in [5, 5.41) is 3.72. The lowest BCUT2D eigenvalue weighted by molar-refractivity contribution is 1.18. The number of rotatable bonds is 7. The molecule has 11 aromatic rings. The van der Waals surface area contributed by atoms with Crippen molar-refractivity contribution in [3.63, 3.8) is 0 Å². The molecule has 0 saturated heterocycles. The summed E-state index contributed by atoms with van der Waals surface area (Å²) in [6, 6.07) is 74.9. The van der Waals surface area contributed by atoms with E-state index >= 15 is 0 Å². The van der Waals surface area contributed by atoms with Crippen LogP contribution in [0.4, 0.5) is 0 Å². The molecule has 11 rings (SSSR count). The molecule has 0 amide bonds. The van der Waals surface area contributed by atoms with E-state index in [4.69, 9.17) is 15.0 Å². The number of aromatic nitrogens is 3. The number of fused-ring (bicyclic) bond motifs is 5. The van der Waals surface area contributed by atoms with Gasteiger partial charge >= 0.3 is 0 Å². The van der Waals surface area contributed by atoms with Crippen molar-refractivity contribution in [1.82, 2.24) is 15.0 Å². The zero-order valence-electron chi connectivity index (χ0n) is 32.0. The lowest BCUT2D eigenvalue weighted by Crippen LogP contribution is -1.96. The second kappa shape index (κ2) is 14.8. The predicted molar refractivity (Wildman–Crippen MR) is 248 cm³/mol. The Balaban J connectivity index is 0.968. The van der Waals surface area contributed by atoms with Gasteiger partial charge in [0.05, 0.1) is 27.3 Å². The Bertz CT molecular complexity index is 3280. The smallest absolute Gasteiger partial charge is 0.160 e. The summed E-state index contributed by atoms with van der Waals surface area (Å²) in [5.74, 6) is 0.703. The van der Waals surface area contributed by atoms with Gasteiger partial charge in [-0.25, -0.2) is 15.0 Å². The molecule has 59 heavy (non-hydrogen) atoms. The fourth-order valence-corrected chi connectivity index (χ4v) is 9.32. The first-order valence-corrected chi connectivity index (χ1v) is 20.7. The summed E-state index contributed by atoms with van der Waals surface area (Å²) >= 11 is 1.82. The molecule has 0 spiro atoms. The summed E-state index contributed by atoms with van der Waals surface area (Å²) in [4.78, 5) is 15.5. The number of nitrogens with zero attached hydrogens (tertiary/aromatic N) is 3. The van der Waals surface area contributed by atoms with Crippen LogP contribution in [0.1, 0.15) is 0 Å². The van der Waals surface area contributed by atoms with Crippen molar-refractivity contribution < 1.29 is 0 Å². The van der Waals surface area contributed by atoms with Gasteiger partial charge in [0.1, 0.15) is 0 Å². The molecule has 276 valence electrons. The third-order valence-corrected chi connectivity index (χ3v) is 12.3. The molecule has 0 bridgehead atoms. The highest BCUT2D eigenvalue weighted by Gasteiger charge is 2.18. The van der Waals surface area contributed by atoms with Crippen LogP contribution in [-0.2, 0) is 0 Å². The molecule has 4 heteroatoms. The number of pyridine rings is 1. The molecule has 0 aliphatic carbocycles. The van der Waals surface area contributed by atoms with Crippen molar-refractivity contribution >= 4 is 42.4 Å². The zero-order valence-corrected chi connectivity index (χ0v) is 32.8. The molecule has 0 saturated carbocycles. The highest BCUT2D eigenvalue weighted by atomic mass is 32.1. The van der Waals surface area contributed by atoms with Crippen LogP contribution in [-0.4, -0.2) is 15.0 Å². The van der Waals surface area contributed by atoms with Gasteiger partial charge in [0.25, 0.3) is 0 Å². The highest BCUT2D eigenvalue weighted by Crippen LogP contribution is 2.44. The molecule has 3 nitrogen and oxygen atoms in total. The van der Waals surface area contributed by atoms with Crippen molar-refractivity contribution in [2.75, 3.05) is 0 Å². The van der Waals surface area contributed by atoms with Gasteiger partial charge in [0.15, 0.2) is 5.82 Å². The Kier molecular flexibility index (Phi) is 8.68. The van der Waals surface area contributed by atoms with Crippen molar-refractivity contribution in [3.8, 4) is 78.5 Å². The Morgan fingerprint density at radius 2 is 0.780 bits per heavy atom. The van der Waals surface area contributed by atoms with Gasteiger partial charge in [0, 0.05) is 43.1 Å². The molecule has 0 aliphatic heterocycles. The summed E-state index contributed by atoms with van der Waals surface area (Å²) in [6.45, 7) is 0. The van der Waals surface area contributed by atoms with Crippen molar-refractivity contribution in [3.05, 3.63) is 212 Å². The molecular formula is C55H35N3S. The monoisotopic (exact) mass is 769 g/mol. The van der Waals surface area contributed by atoms with Crippen LogP contribution in [0.5, 0.6) is 0 Å². The van der Waals surface area contributed by atoms with Crippen molar-refractivity contribution in [2.24, 2.45) is 0 Å². The minimum atomic E-state index is 0.703. The third kappa shape index (κ3) is 6.56. The number of hydrogen-bond acceptors (Lipinski definition) is 4. The Hall–Kier alpha value is -7.53.